The smallest absolute Gasteiger partial charge is 0.220 e. The predicted molar refractivity (Wildman–Crippen MR) is 203 cm³/mol. The predicted octanol–water partition coefficient (Wildman–Crippen LogP) is 2.42. The Morgan fingerprint density at radius 1 is 0.667 bits per heavy atom. The number of allylic oxidation sites excluding steroid dienone is 5. The van der Waals surface area contributed by atoms with E-state index in [0.717, 1.165) is 70.6 Å². The molecular formula is C40H71NO13. The first kappa shape index (κ1) is 48.4. The molecule has 0 spiro atoms. The lowest BCUT2D eigenvalue weighted by atomic mass is 9.97. The molecule has 2 aliphatic heterocycles. The molecule has 0 saturated carbocycles. The number of ether oxygens (including phenoxy) is 4. The monoisotopic (exact) mass is 773 g/mol. The molecule has 12 atom stereocenters. The summed E-state index contributed by atoms with van der Waals surface area (Å²) in [6.45, 7) is 2.58. The summed E-state index contributed by atoms with van der Waals surface area (Å²) < 4.78 is 22.4. The third-order valence-electron chi connectivity index (χ3n) is 9.82. The number of hydrogen-bond donors (Lipinski definition) is 9. The Morgan fingerprint density at radius 2 is 1.22 bits per heavy atom. The second-order valence-corrected chi connectivity index (χ2v) is 14.4. The molecule has 2 heterocycles. The minimum Gasteiger partial charge on any atom is -0.394 e. The van der Waals surface area contributed by atoms with E-state index in [2.05, 4.69) is 43.5 Å². The molecule has 0 bridgehead atoms. The normalized spacial score (nSPS) is 30.4. The summed E-state index contributed by atoms with van der Waals surface area (Å²) in [7, 11) is 0. The zero-order valence-corrected chi connectivity index (χ0v) is 32.4. The first-order valence-electron chi connectivity index (χ1n) is 20.2. The van der Waals surface area contributed by atoms with Crippen molar-refractivity contribution in [3.8, 4) is 0 Å². The Morgan fingerprint density at radius 3 is 1.85 bits per heavy atom. The minimum atomic E-state index is -1.79. The molecule has 2 fully saturated rings. The van der Waals surface area contributed by atoms with Crippen molar-refractivity contribution in [2.75, 3.05) is 19.8 Å². The number of amides is 1. The van der Waals surface area contributed by atoms with Crippen molar-refractivity contribution < 1.29 is 64.6 Å². The van der Waals surface area contributed by atoms with Gasteiger partial charge in [0.25, 0.3) is 0 Å². The van der Waals surface area contributed by atoms with Crippen LogP contribution in [0.1, 0.15) is 117 Å². The molecule has 14 heteroatoms. The van der Waals surface area contributed by atoms with Gasteiger partial charge in [0.1, 0.15) is 48.8 Å². The molecule has 2 aliphatic rings. The number of unbranched alkanes of at least 4 members (excludes halogenated alkanes) is 11. The summed E-state index contributed by atoms with van der Waals surface area (Å²) in [4.78, 5) is 13.0. The molecule has 314 valence electrons. The first-order chi connectivity index (χ1) is 26.1. The van der Waals surface area contributed by atoms with Crippen LogP contribution in [0.15, 0.2) is 36.5 Å². The van der Waals surface area contributed by atoms with Crippen LogP contribution in [0.2, 0.25) is 0 Å². The second kappa shape index (κ2) is 28.6. The molecule has 1 amide bonds. The van der Waals surface area contributed by atoms with Gasteiger partial charge in [0.15, 0.2) is 12.6 Å². The number of carbonyl (C=O) groups is 1. The Balaban J connectivity index is 1.87. The summed E-state index contributed by atoms with van der Waals surface area (Å²) in [5.74, 6) is -0.265. The highest BCUT2D eigenvalue weighted by molar-refractivity contribution is 5.76. The Bertz CT molecular complexity index is 1060. The van der Waals surface area contributed by atoms with Crippen molar-refractivity contribution in [1.82, 2.24) is 5.32 Å². The molecule has 54 heavy (non-hydrogen) atoms. The van der Waals surface area contributed by atoms with E-state index in [-0.39, 0.29) is 18.9 Å². The van der Waals surface area contributed by atoms with Crippen LogP contribution in [0.3, 0.4) is 0 Å². The van der Waals surface area contributed by atoms with E-state index in [1.54, 1.807) is 6.08 Å². The third kappa shape index (κ3) is 17.6. The number of nitrogens with one attached hydrogen (secondary N) is 1. The zero-order chi connectivity index (χ0) is 39.7. The lowest BCUT2D eigenvalue weighted by molar-refractivity contribution is -0.359. The number of aliphatic hydroxyl groups excluding tert-OH is 8. The van der Waals surface area contributed by atoms with Crippen LogP contribution in [-0.2, 0) is 23.7 Å². The van der Waals surface area contributed by atoms with Crippen LogP contribution in [0.4, 0.5) is 0 Å². The Labute approximate surface area is 321 Å². The molecule has 0 aromatic heterocycles. The molecule has 0 aliphatic carbocycles. The molecule has 9 N–H and O–H groups in total. The second-order valence-electron chi connectivity index (χ2n) is 14.4. The summed E-state index contributed by atoms with van der Waals surface area (Å²) in [6, 6.07) is -0.915. The zero-order valence-electron chi connectivity index (χ0n) is 32.4. The molecule has 2 saturated heterocycles. The molecule has 14 nitrogen and oxygen atoms in total. The Hall–Kier alpha value is -1.79. The van der Waals surface area contributed by atoms with E-state index in [4.69, 9.17) is 18.9 Å². The van der Waals surface area contributed by atoms with E-state index in [1.807, 2.05) is 6.08 Å². The van der Waals surface area contributed by atoms with Crippen LogP contribution in [0.25, 0.3) is 0 Å². The van der Waals surface area contributed by atoms with Gasteiger partial charge in [-0.25, -0.2) is 0 Å². The van der Waals surface area contributed by atoms with Crippen LogP contribution in [0.5, 0.6) is 0 Å². The minimum absolute atomic E-state index is 0.263. The fraction of sp³-hybridized carbons (Fsp3) is 0.825. The van der Waals surface area contributed by atoms with Crippen LogP contribution >= 0.6 is 0 Å². The number of carbonyl (C=O) groups excluding carboxylic acids is 1. The SMILES string of the molecule is CCCCC/C=C\C/C=C\CCCCCCCC(=O)NC(COC1OC(CO)C(OC2OC(CO)C(O)C(O)C2O)C(O)C1O)C(O)/C=C/CCCCC. The first-order valence-corrected chi connectivity index (χ1v) is 20.2. The maximum atomic E-state index is 13.0. The number of rotatable bonds is 28. The van der Waals surface area contributed by atoms with Crippen molar-refractivity contribution in [3.05, 3.63) is 36.5 Å². The van der Waals surface area contributed by atoms with Crippen LogP contribution in [0, 0.1) is 0 Å². The van der Waals surface area contributed by atoms with E-state index in [9.17, 15) is 45.6 Å². The van der Waals surface area contributed by atoms with Crippen LogP contribution < -0.4 is 5.32 Å². The summed E-state index contributed by atoms with van der Waals surface area (Å²) in [5.41, 5.74) is 0. The lowest BCUT2D eigenvalue weighted by Gasteiger charge is -2.46. The Kier molecular flexibility index (Phi) is 25.6. The van der Waals surface area contributed by atoms with Crippen molar-refractivity contribution in [3.63, 3.8) is 0 Å². The number of hydrogen-bond acceptors (Lipinski definition) is 13. The average Bonchev–Trinajstić information content (AvgIpc) is 3.17. The quantitative estimate of drug-likeness (QED) is 0.0412. The van der Waals surface area contributed by atoms with Gasteiger partial charge in [-0.2, -0.15) is 0 Å². The van der Waals surface area contributed by atoms with Gasteiger partial charge in [0, 0.05) is 6.42 Å². The van der Waals surface area contributed by atoms with Gasteiger partial charge >= 0.3 is 0 Å². The van der Waals surface area contributed by atoms with Gasteiger partial charge in [-0.15, -0.1) is 0 Å². The highest BCUT2D eigenvalue weighted by Crippen LogP contribution is 2.29. The van der Waals surface area contributed by atoms with Gasteiger partial charge in [-0.05, 0) is 51.4 Å². The van der Waals surface area contributed by atoms with E-state index in [0.29, 0.717) is 6.42 Å². The highest BCUT2D eigenvalue weighted by atomic mass is 16.7. The highest BCUT2D eigenvalue weighted by Gasteiger charge is 2.50. The number of aliphatic hydroxyl groups is 8. The maximum absolute atomic E-state index is 13.0. The largest absolute Gasteiger partial charge is 0.394 e. The summed E-state index contributed by atoms with van der Waals surface area (Å²) in [6.07, 6.45) is 11.1. The maximum Gasteiger partial charge on any atom is 0.220 e. The lowest BCUT2D eigenvalue weighted by Crippen LogP contribution is -2.65. The molecule has 0 aromatic carbocycles. The van der Waals surface area contributed by atoms with Crippen molar-refractivity contribution in [2.45, 2.75) is 190 Å². The van der Waals surface area contributed by atoms with E-state index >= 15 is 0 Å². The van der Waals surface area contributed by atoms with Gasteiger partial charge in [0.05, 0.1) is 32.0 Å². The fourth-order valence-corrected chi connectivity index (χ4v) is 6.38. The van der Waals surface area contributed by atoms with Gasteiger partial charge < -0.3 is 65.1 Å². The molecule has 0 aromatic rings. The van der Waals surface area contributed by atoms with E-state index in [1.165, 1.54) is 19.3 Å². The van der Waals surface area contributed by atoms with Crippen molar-refractivity contribution in [1.29, 1.82) is 0 Å². The topological polar surface area (TPSA) is 228 Å². The van der Waals surface area contributed by atoms with Gasteiger partial charge in [-0.1, -0.05) is 95.2 Å². The molecular weight excluding hydrogens is 702 g/mol. The summed E-state index contributed by atoms with van der Waals surface area (Å²) in [5, 5.41) is 85.7. The van der Waals surface area contributed by atoms with Crippen LogP contribution in [-0.4, -0.2) is 140 Å². The fourth-order valence-electron chi connectivity index (χ4n) is 6.38. The van der Waals surface area contributed by atoms with Crippen molar-refractivity contribution in [2.24, 2.45) is 0 Å². The average molecular weight is 774 g/mol. The standard InChI is InChI=1S/C40H71NO13/c1-3-5-7-9-10-11-12-13-14-15-16-17-18-20-22-24-32(45)41-28(29(44)23-21-19-8-6-4-2)27-51-39-37(50)35(48)38(31(26-43)53-39)54-40-36(49)34(47)33(46)30(25-42)52-40/h10-11,13-14,21,23,28-31,33-40,42-44,46-50H,3-9,12,15-20,22,24-27H2,1-2H3,(H,41,45)/b11-10-,14-13-,23-21+. The summed E-state index contributed by atoms with van der Waals surface area (Å²) >= 11 is 0. The van der Waals surface area contributed by atoms with E-state index < -0.39 is 86.8 Å². The molecule has 12 unspecified atom stereocenters. The molecule has 2 rings (SSSR count). The van der Waals surface area contributed by atoms with Gasteiger partial charge in [0.2, 0.25) is 5.91 Å². The molecule has 0 radical (unpaired) electrons. The van der Waals surface area contributed by atoms with Gasteiger partial charge in [-0.3, -0.25) is 4.79 Å². The third-order valence-corrected chi connectivity index (χ3v) is 9.82. The van der Waals surface area contributed by atoms with Crippen molar-refractivity contribution >= 4 is 5.91 Å².